The third-order valence-corrected chi connectivity index (χ3v) is 3.24. The van der Waals surface area contributed by atoms with E-state index in [1.807, 2.05) is 13.8 Å². The Bertz CT molecular complexity index is 501. The highest BCUT2D eigenvalue weighted by molar-refractivity contribution is 7.17. The van der Waals surface area contributed by atoms with Crippen molar-refractivity contribution in [3.8, 4) is 0 Å². The lowest BCUT2D eigenvalue weighted by molar-refractivity contribution is -0.123. The summed E-state index contributed by atoms with van der Waals surface area (Å²) in [6, 6.07) is 2.45. The lowest BCUT2D eigenvalue weighted by atomic mass is 10.2. The Balaban J connectivity index is 2.29. The number of carbonyl (C=O) groups is 3. The fourth-order valence-electron chi connectivity index (χ4n) is 1.13. The predicted octanol–water partition coefficient (Wildman–Crippen LogP) is 2.04. The molecule has 0 radical (unpaired) electrons. The quantitative estimate of drug-likeness (QED) is 0.814. The van der Waals surface area contributed by atoms with E-state index in [-0.39, 0.29) is 5.92 Å². The van der Waals surface area contributed by atoms with E-state index in [0.29, 0.717) is 15.8 Å². The molecule has 0 spiro atoms. The van der Waals surface area contributed by atoms with E-state index in [0.717, 1.165) is 11.3 Å². The molecule has 0 fully saturated rings. The van der Waals surface area contributed by atoms with Crippen LogP contribution >= 0.6 is 22.9 Å². The van der Waals surface area contributed by atoms with Crippen LogP contribution in [0, 0.1) is 5.92 Å². The summed E-state index contributed by atoms with van der Waals surface area (Å²) in [6.45, 7) is 3.78. The molecule has 8 heteroatoms. The number of thiophene rings is 1. The van der Waals surface area contributed by atoms with Crippen LogP contribution in [-0.2, 0) is 9.53 Å². The number of ether oxygens (including phenoxy) is 1. The second kappa shape index (κ2) is 7.86. The first-order valence-corrected chi connectivity index (χ1v) is 7.08. The van der Waals surface area contributed by atoms with Gasteiger partial charge in [0.15, 0.2) is 6.61 Å². The molecule has 0 aliphatic rings. The molecule has 0 unspecified atom stereocenters. The average Bonchev–Trinajstić information content (AvgIpc) is 2.80. The van der Waals surface area contributed by atoms with Crippen molar-refractivity contribution in [1.82, 2.24) is 10.6 Å². The van der Waals surface area contributed by atoms with Gasteiger partial charge in [0.05, 0.1) is 4.34 Å². The summed E-state index contributed by atoms with van der Waals surface area (Å²) in [7, 11) is 0. The van der Waals surface area contributed by atoms with E-state index in [1.165, 1.54) is 6.07 Å². The van der Waals surface area contributed by atoms with Crippen molar-refractivity contribution in [1.29, 1.82) is 0 Å². The zero-order valence-electron chi connectivity index (χ0n) is 11.1. The molecule has 20 heavy (non-hydrogen) atoms. The first-order valence-electron chi connectivity index (χ1n) is 5.88. The molecule has 0 aliphatic heterocycles. The van der Waals surface area contributed by atoms with Crippen LogP contribution in [0.2, 0.25) is 4.34 Å². The SMILES string of the molecule is CC(C)CNC(=O)NC(=O)COC(=O)c1ccc(Cl)s1. The maximum atomic E-state index is 11.5. The number of carbonyl (C=O) groups excluding carboxylic acids is 3. The zero-order chi connectivity index (χ0) is 15.1. The fraction of sp³-hybridized carbons (Fsp3) is 0.417. The summed E-state index contributed by atoms with van der Waals surface area (Å²) >= 11 is 6.73. The number of hydrogen-bond acceptors (Lipinski definition) is 5. The first kappa shape index (κ1) is 16.5. The van der Waals surface area contributed by atoms with Crippen molar-refractivity contribution >= 4 is 40.8 Å². The number of nitrogens with one attached hydrogen (secondary N) is 2. The molecule has 0 atom stereocenters. The van der Waals surface area contributed by atoms with Gasteiger partial charge in [0.25, 0.3) is 5.91 Å². The number of halogens is 1. The van der Waals surface area contributed by atoms with Crippen molar-refractivity contribution in [2.24, 2.45) is 5.92 Å². The van der Waals surface area contributed by atoms with Crippen LogP contribution in [-0.4, -0.2) is 31.1 Å². The molecule has 0 saturated carbocycles. The van der Waals surface area contributed by atoms with Gasteiger partial charge in [0.1, 0.15) is 4.88 Å². The molecular weight excluding hydrogens is 304 g/mol. The number of imide groups is 1. The van der Waals surface area contributed by atoms with E-state index in [4.69, 9.17) is 16.3 Å². The van der Waals surface area contributed by atoms with Crippen molar-refractivity contribution in [2.75, 3.05) is 13.2 Å². The van der Waals surface area contributed by atoms with E-state index < -0.39 is 24.5 Å². The van der Waals surface area contributed by atoms with Crippen molar-refractivity contribution < 1.29 is 19.1 Å². The normalized spacial score (nSPS) is 10.2. The Hall–Kier alpha value is -1.60. The largest absolute Gasteiger partial charge is 0.451 e. The molecule has 6 nitrogen and oxygen atoms in total. The van der Waals surface area contributed by atoms with Crippen LogP contribution < -0.4 is 10.6 Å². The summed E-state index contributed by atoms with van der Waals surface area (Å²) in [4.78, 5) is 34.5. The molecule has 0 bridgehead atoms. The van der Waals surface area contributed by atoms with Crippen LogP contribution in [0.3, 0.4) is 0 Å². The molecule has 1 heterocycles. The highest BCUT2D eigenvalue weighted by Gasteiger charge is 2.14. The topological polar surface area (TPSA) is 84.5 Å². The minimum atomic E-state index is -0.692. The second-order valence-corrected chi connectivity index (χ2v) is 6.05. The molecule has 0 saturated heterocycles. The Labute approximate surface area is 125 Å². The van der Waals surface area contributed by atoms with Crippen LogP contribution in [0.5, 0.6) is 0 Å². The maximum Gasteiger partial charge on any atom is 0.348 e. The smallest absolute Gasteiger partial charge is 0.348 e. The summed E-state index contributed by atoms with van der Waals surface area (Å²) in [5.41, 5.74) is 0. The van der Waals surface area contributed by atoms with Crippen LogP contribution in [0.25, 0.3) is 0 Å². The molecule has 0 aliphatic carbocycles. The Morgan fingerprint density at radius 3 is 2.60 bits per heavy atom. The predicted molar refractivity (Wildman–Crippen MR) is 76.0 cm³/mol. The summed E-state index contributed by atoms with van der Waals surface area (Å²) < 4.78 is 5.20. The van der Waals surface area contributed by atoms with Gasteiger partial charge in [0, 0.05) is 6.54 Å². The van der Waals surface area contributed by atoms with Crippen LogP contribution in [0.4, 0.5) is 4.79 Å². The highest BCUT2D eigenvalue weighted by atomic mass is 35.5. The van der Waals surface area contributed by atoms with Crippen molar-refractivity contribution in [3.05, 3.63) is 21.3 Å². The minimum absolute atomic E-state index is 0.275. The van der Waals surface area contributed by atoms with E-state index >= 15 is 0 Å². The lowest BCUT2D eigenvalue weighted by Crippen LogP contribution is -2.42. The maximum absolute atomic E-state index is 11.5. The molecule has 1 aromatic heterocycles. The molecule has 0 aromatic carbocycles. The summed E-state index contributed by atoms with van der Waals surface area (Å²) in [5, 5.41) is 4.57. The zero-order valence-corrected chi connectivity index (χ0v) is 12.6. The van der Waals surface area contributed by atoms with Crippen molar-refractivity contribution in [2.45, 2.75) is 13.8 Å². The first-order chi connectivity index (χ1) is 9.38. The molecular formula is C12H15ClN2O4S. The number of rotatable bonds is 5. The Morgan fingerprint density at radius 2 is 2.05 bits per heavy atom. The Morgan fingerprint density at radius 1 is 1.35 bits per heavy atom. The van der Waals surface area contributed by atoms with Gasteiger partial charge in [-0.2, -0.15) is 0 Å². The second-order valence-electron chi connectivity index (χ2n) is 4.33. The average molecular weight is 319 g/mol. The van der Waals surface area contributed by atoms with Gasteiger partial charge in [-0.15, -0.1) is 11.3 Å². The van der Waals surface area contributed by atoms with Gasteiger partial charge in [-0.25, -0.2) is 9.59 Å². The molecule has 3 amide bonds. The third kappa shape index (κ3) is 6.03. The molecule has 2 N–H and O–H groups in total. The van der Waals surface area contributed by atoms with Crippen molar-refractivity contribution in [3.63, 3.8) is 0 Å². The standard InChI is InChI=1S/C12H15ClN2O4S/c1-7(2)5-14-12(18)15-10(16)6-19-11(17)8-3-4-9(13)20-8/h3-4,7H,5-6H2,1-2H3,(H2,14,15,16,18). The number of esters is 1. The Kier molecular flexibility index (Phi) is 6.47. The third-order valence-electron chi connectivity index (χ3n) is 2.03. The van der Waals surface area contributed by atoms with Gasteiger partial charge in [-0.3, -0.25) is 10.1 Å². The van der Waals surface area contributed by atoms with E-state index in [9.17, 15) is 14.4 Å². The summed E-state index contributed by atoms with van der Waals surface area (Å²) in [5.74, 6) is -1.07. The van der Waals surface area contributed by atoms with E-state index in [2.05, 4.69) is 10.6 Å². The van der Waals surface area contributed by atoms with Gasteiger partial charge >= 0.3 is 12.0 Å². The number of hydrogen-bond donors (Lipinski definition) is 2. The van der Waals surface area contributed by atoms with E-state index in [1.54, 1.807) is 6.07 Å². The summed E-state index contributed by atoms with van der Waals surface area (Å²) in [6.07, 6.45) is 0. The van der Waals surface area contributed by atoms with Crippen LogP contribution in [0.1, 0.15) is 23.5 Å². The molecule has 1 rings (SSSR count). The van der Waals surface area contributed by atoms with Gasteiger partial charge < -0.3 is 10.1 Å². The number of urea groups is 1. The minimum Gasteiger partial charge on any atom is -0.451 e. The highest BCUT2D eigenvalue weighted by Crippen LogP contribution is 2.21. The number of amides is 3. The lowest BCUT2D eigenvalue weighted by Gasteiger charge is -2.08. The molecule has 110 valence electrons. The molecule has 1 aromatic rings. The van der Waals surface area contributed by atoms with Gasteiger partial charge in [-0.1, -0.05) is 25.4 Å². The fourth-order valence-corrected chi connectivity index (χ4v) is 2.07. The van der Waals surface area contributed by atoms with Gasteiger partial charge in [-0.05, 0) is 18.1 Å². The monoisotopic (exact) mass is 318 g/mol. The van der Waals surface area contributed by atoms with Crippen LogP contribution in [0.15, 0.2) is 12.1 Å². The van der Waals surface area contributed by atoms with Gasteiger partial charge in [0.2, 0.25) is 0 Å².